The van der Waals surface area contributed by atoms with Gasteiger partial charge in [-0.1, -0.05) is 24.3 Å². The highest BCUT2D eigenvalue weighted by atomic mass is 19.3. The molecule has 0 atom stereocenters. The van der Waals surface area contributed by atoms with Crippen LogP contribution in [0.25, 0.3) is 27.3 Å². The summed E-state index contributed by atoms with van der Waals surface area (Å²) >= 11 is 0. The van der Waals surface area contributed by atoms with Crippen LogP contribution < -0.4 is 10.9 Å². The van der Waals surface area contributed by atoms with E-state index in [0.29, 0.717) is 42.6 Å². The van der Waals surface area contributed by atoms with Crippen molar-refractivity contribution in [2.24, 2.45) is 0 Å². The predicted molar refractivity (Wildman–Crippen MR) is 119 cm³/mol. The molecular weight excluding hydrogens is 414 g/mol. The number of benzene rings is 2. The first-order valence-corrected chi connectivity index (χ1v) is 10.6. The fourth-order valence-corrected chi connectivity index (χ4v) is 4.22. The molecule has 1 N–H and O–H groups in total. The summed E-state index contributed by atoms with van der Waals surface area (Å²) in [5.74, 6) is -2.94. The van der Waals surface area contributed by atoms with E-state index in [0.717, 1.165) is 10.8 Å². The van der Waals surface area contributed by atoms with Crippen LogP contribution in [0.4, 0.5) is 8.78 Å². The molecule has 1 amide bonds. The maximum absolute atomic E-state index is 13.3. The van der Waals surface area contributed by atoms with Crippen molar-refractivity contribution in [3.63, 3.8) is 0 Å². The monoisotopic (exact) mass is 436 g/mol. The second kappa shape index (κ2) is 7.94. The Kier molecular flexibility index (Phi) is 5.09. The Hall–Kier alpha value is -3.39. The van der Waals surface area contributed by atoms with Crippen LogP contribution in [0.2, 0.25) is 0 Å². The van der Waals surface area contributed by atoms with E-state index in [4.69, 9.17) is 0 Å². The van der Waals surface area contributed by atoms with Crippen molar-refractivity contribution >= 4 is 33.2 Å². The molecule has 2 aromatic carbocycles. The first kappa shape index (κ1) is 20.5. The molecule has 1 aliphatic rings. The lowest BCUT2D eigenvalue weighted by Crippen LogP contribution is -2.43. The molecular formula is C24H22F2N4O2. The Morgan fingerprint density at radius 3 is 2.53 bits per heavy atom. The van der Waals surface area contributed by atoms with Gasteiger partial charge >= 0.3 is 0 Å². The van der Waals surface area contributed by atoms with Crippen LogP contribution in [0.1, 0.15) is 23.2 Å². The van der Waals surface area contributed by atoms with Crippen LogP contribution >= 0.6 is 0 Å². The predicted octanol–water partition coefficient (Wildman–Crippen LogP) is 3.46. The fourth-order valence-electron chi connectivity index (χ4n) is 4.22. The highest BCUT2D eigenvalue weighted by Crippen LogP contribution is 2.27. The van der Waals surface area contributed by atoms with Gasteiger partial charge in [-0.3, -0.25) is 14.0 Å². The summed E-state index contributed by atoms with van der Waals surface area (Å²) in [5.41, 5.74) is 0.878. The Labute approximate surface area is 182 Å². The summed E-state index contributed by atoms with van der Waals surface area (Å²) in [6, 6.07) is 14.7. The summed E-state index contributed by atoms with van der Waals surface area (Å²) in [4.78, 5) is 32.5. The number of halogens is 2. The zero-order chi connectivity index (χ0) is 22.3. The van der Waals surface area contributed by atoms with E-state index in [1.165, 1.54) is 4.40 Å². The number of aromatic nitrogens is 2. The Bertz CT molecular complexity index is 1390. The van der Waals surface area contributed by atoms with Crippen LogP contribution in [0.5, 0.6) is 0 Å². The van der Waals surface area contributed by atoms with Gasteiger partial charge in [0.1, 0.15) is 0 Å². The largest absolute Gasteiger partial charge is 0.351 e. The minimum Gasteiger partial charge on any atom is -0.351 e. The van der Waals surface area contributed by atoms with E-state index < -0.39 is 5.92 Å². The zero-order valence-electron chi connectivity index (χ0n) is 17.4. The second-order valence-electron chi connectivity index (χ2n) is 8.20. The van der Waals surface area contributed by atoms with Crippen molar-refractivity contribution in [1.29, 1.82) is 0 Å². The third-order valence-corrected chi connectivity index (χ3v) is 6.05. The quantitative estimate of drug-likeness (QED) is 0.498. The first-order chi connectivity index (χ1) is 15.4. The molecule has 32 heavy (non-hydrogen) atoms. The van der Waals surface area contributed by atoms with Crippen LogP contribution in [0.3, 0.4) is 0 Å². The lowest BCUT2D eigenvalue weighted by molar-refractivity contribution is -0.0547. The number of carbonyl (C=O) groups excluding carboxylic acids is 1. The number of rotatable bonds is 4. The molecule has 1 aliphatic heterocycles. The third kappa shape index (κ3) is 3.82. The van der Waals surface area contributed by atoms with Gasteiger partial charge < -0.3 is 10.2 Å². The van der Waals surface area contributed by atoms with E-state index in [1.54, 1.807) is 18.3 Å². The summed E-state index contributed by atoms with van der Waals surface area (Å²) < 4.78 is 28.0. The zero-order valence-corrected chi connectivity index (χ0v) is 17.4. The molecule has 8 heteroatoms. The van der Waals surface area contributed by atoms with Crippen molar-refractivity contribution in [2.75, 3.05) is 26.2 Å². The number of nitrogens with one attached hydrogen (secondary N) is 1. The lowest BCUT2D eigenvalue weighted by atomic mass is 10.1. The number of carbonyl (C=O) groups is 1. The van der Waals surface area contributed by atoms with Gasteiger partial charge in [0.15, 0.2) is 5.65 Å². The number of alkyl halides is 2. The number of fused-ring (bicyclic) bond motifs is 3. The maximum Gasteiger partial charge on any atom is 0.265 e. The average molecular weight is 436 g/mol. The molecule has 2 aromatic heterocycles. The highest BCUT2D eigenvalue weighted by Gasteiger charge is 2.33. The molecule has 6 nitrogen and oxygen atoms in total. The van der Waals surface area contributed by atoms with Crippen molar-refractivity contribution in [3.05, 3.63) is 70.6 Å². The molecule has 0 unspecified atom stereocenters. The summed E-state index contributed by atoms with van der Waals surface area (Å²) in [7, 11) is 0. The molecule has 4 aromatic rings. The molecule has 0 bridgehead atoms. The van der Waals surface area contributed by atoms with E-state index in [9.17, 15) is 18.4 Å². The highest BCUT2D eigenvalue weighted by molar-refractivity contribution is 6.02. The number of amides is 1. The molecule has 1 fully saturated rings. The summed E-state index contributed by atoms with van der Waals surface area (Å²) in [5, 5.41) is 5.23. The number of hydrogen-bond acceptors (Lipinski definition) is 4. The molecule has 5 rings (SSSR count). The Morgan fingerprint density at radius 2 is 1.78 bits per heavy atom. The minimum absolute atomic E-state index is 0.154. The molecule has 0 spiro atoms. The SMILES string of the molecule is O=C(NCCN1CCC(F)(F)CC1)c1cccn2c(=O)c3cc4ccccc4cc3nc12. The van der Waals surface area contributed by atoms with E-state index in [-0.39, 0.29) is 30.0 Å². The van der Waals surface area contributed by atoms with Gasteiger partial charge in [-0.15, -0.1) is 0 Å². The van der Waals surface area contributed by atoms with Gasteiger partial charge in [-0.25, -0.2) is 13.8 Å². The number of pyridine rings is 1. The topological polar surface area (TPSA) is 66.7 Å². The lowest BCUT2D eigenvalue weighted by Gasteiger charge is -2.31. The summed E-state index contributed by atoms with van der Waals surface area (Å²) in [6.45, 7) is 1.45. The maximum atomic E-state index is 13.3. The van der Waals surface area contributed by atoms with E-state index in [1.807, 2.05) is 41.3 Å². The van der Waals surface area contributed by atoms with Crippen molar-refractivity contribution in [1.82, 2.24) is 19.6 Å². The molecule has 164 valence electrons. The second-order valence-corrected chi connectivity index (χ2v) is 8.20. The van der Waals surface area contributed by atoms with Gasteiger partial charge in [0, 0.05) is 45.2 Å². The average Bonchev–Trinajstić information content (AvgIpc) is 2.79. The van der Waals surface area contributed by atoms with Gasteiger partial charge in [0.05, 0.1) is 16.5 Å². The number of likely N-dealkylation sites (tertiary alicyclic amines) is 1. The summed E-state index contributed by atoms with van der Waals surface area (Å²) in [6.07, 6.45) is 1.29. The minimum atomic E-state index is -2.59. The van der Waals surface area contributed by atoms with E-state index >= 15 is 0 Å². The molecule has 3 heterocycles. The van der Waals surface area contributed by atoms with Gasteiger partial charge in [0.2, 0.25) is 0 Å². The van der Waals surface area contributed by atoms with E-state index in [2.05, 4.69) is 10.3 Å². The van der Waals surface area contributed by atoms with Crippen LogP contribution in [-0.4, -0.2) is 52.3 Å². The molecule has 0 saturated carbocycles. The normalized spacial score (nSPS) is 16.6. The van der Waals surface area contributed by atoms with Crippen molar-refractivity contribution in [3.8, 4) is 0 Å². The molecule has 0 radical (unpaired) electrons. The first-order valence-electron chi connectivity index (χ1n) is 10.6. The fraction of sp³-hybridized carbons (Fsp3) is 0.292. The number of nitrogens with zero attached hydrogens (tertiary/aromatic N) is 3. The van der Waals surface area contributed by atoms with Crippen LogP contribution in [-0.2, 0) is 0 Å². The number of hydrogen-bond donors (Lipinski definition) is 1. The third-order valence-electron chi connectivity index (χ3n) is 6.05. The Morgan fingerprint density at radius 1 is 1.06 bits per heavy atom. The van der Waals surface area contributed by atoms with Crippen LogP contribution in [0.15, 0.2) is 59.5 Å². The Balaban J connectivity index is 1.41. The van der Waals surface area contributed by atoms with Gasteiger partial charge in [-0.05, 0) is 35.0 Å². The van der Waals surface area contributed by atoms with Gasteiger partial charge in [0.25, 0.3) is 17.4 Å². The van der Waals surface area contributed by atoms with Crippen molar-refractivity contribution in [2.45, 2.75) is 18.8 Å². The van der Waals surface area contributed by atoms with Gasteiger partial charge in [-0.2, -0.15) is 0 Å². The van der Waals surface area contributed by atoms with Crippen molar-refractivity contribution < 1.29 is 13.6 Å². The molecule has 0 aliphatic carbocycles. The standard InChI is InChI=1S/C24H22F2N4O2/c25-24(26)7-11-29(12-8-24)13-9-27-22(31)18-6-3-10-30-21(18)28-20-15-17-5-2-1-4-16(17)14-19(20)23(30)32/h1-6,10,14-15H,7-9,11-13H2,(H,27,31). The number of piperidine rings is 1. The smallest absolute Gasteiger partial charge is 0.265 e. The van der Waals surface area contributed by atoms with Crippen LogP contribution in [0, 0.1) is 0 Å². The molecule has 1 saturated heterocycles.